The van der Waals surface area contributed by atoms with Crippen molar-refractivity contribution in [3.8, 4) is 0 Å². The number of hydrogen-bond donors (Lipinski definition) is 2. The van der Waals surface area contributed by atoms with Crippen molar-refractivity contribution in [1.29, 1.82) is 0 Å². The molecule has 26 heteroatoms. The van der Waals surface area contributed by atoms with E-state index < -0.39 is 5.97 Å². The third-order valence-electron chi connectivity index (χ3n) is 12.8. The molecule has 0 aliphatic carbocycles. The number of unbranched alkanes of at least 4 members (excludes halogenated alkanes) is 46. The largest absolute Gasteiger partial charge is 0.481 e. The lowest BCUT2D eigenvalue weighted by Gasteiger charge is -2.05. The van der Waals surface area contributed by atoms with Gasteiger partial charge in [0.25, 0.3) is 0 Å². The molecule has 0 saturated heterocycles. The zero-order chi connectivity index (χ0) is 54.5. The van der Waals surface area contributed by atoms with E-state index in [4.69, 9.17) is 15.3 Å². The van der Waals surface area contributed by atoms with Gasteiger partial charge in [0.2, 0.25) is 0 Å². The predicted octanol–water partition coefficient (Wildman–Crippen LogP) is 16.8. The summed E-state index contributed by atoms with van der Waals surface area (Å²) in [6.45, 7) is 0.281. The van der Waals surface area contributed by atoms with E-state index in [1.165, 1.54) is 270 Å². The van der Waals surface area contributed by atoms with Crippen LogP contribution in [0.25, 0.3) is 0 Å². The Morgan fingerprint density at radius 2 is 0.342 bits per heavy atom. The molecule has 456 valence electrons. The molecular formula is C50H100O26. The number of carbonyl (C=O) groups is 1. The Hall–Kier alpha value is -1.49. The molecule has 0 bridgehead atoms. The summed E-state index contributed by atoms with van der Waals surface area (Å²) < 4.78 is 0. The Morgan fingerprint density at radius 3 is 0.513 bits per heavy atom. The first-order valence-corrected chi connectivity index (χ1v) is 28.9. The van der Waals surface area contributed by atoms with E-state index in [2.05, 4.69) is 111 Å². The number of carboxylic acids is 1. The summed E-state index contributed by atoms with van der Waals surface area (Å²) in [5.41, 5.74) is 0. The van der Waals surface area contributed by atoms with Crippen molar-refractivity contribution in [1.82, 2.24) is 0 Å². The van der Waals surface area contributed by atoms with Gasteiger partial charge in [0.05, 0.1) is 6.61 Å². The second kappa shape index (κ2) is 71.5. The number of rotatable bonds is 72. The second-order valence-corrected chi connectivity index (χ2v) is 19.1. The third kappa shape index (κ3) is 72.5. The van der Waals surface area contributed by atoms with E-state index in [0.717, 1.165) is 32.1 Å². The second-order valence-electron chi connectivity index (χ2n) is 19.1. The van der Waals surface area contributed by atoms with Gasteiger partial charge in [0.15, 0.2) is 0 Å². The van der Waals surface area contributed by atoms with Crippen LogP contribution in [0.3, 0.4) is 0 Å². The van der Waals surface area contributed by atoms with Crippen LogP contribution in [0.5, 0.6) is 0 Å². The van der Waals surface area contributed by atoms with Gasteiger partial charge in [-0.25, -0.2) is 10.1 Å². The van der Waals surface area contributed by atoms with Crippen LogP contribution in [0, 0.1) is 0 Å². The monoisotopic (exact) mass is 1120 g/mol. The van der Waals surface area contributed by atoms with E-state index in [1.54, 1.807) is 0 Å². The fraction of sp³-hybridized carbons (Fsp3) is 0.980. The molecule has 0 aromatic heterocycles. The highest BCUT2D eigenvalue weighted by Crippen LogP contribution is 2.19. The van der Waals surface area contributed by atoms with Gasteiger partial charge >= 0.3 is 5.97 Å². The molecular weight excluding hydrogens is 1020 g/mol. The van der Waals surface area contributed by atoms with Crippen LogP contribution in [-0.4, -0.2) is 22.9 Å². The van der Waals surface area contributed by atoms with E-state index >= 15 is 0 Å². The van der Waals surface area contributed by atoms with E-state index in [0.29, 0.717) is 6.42 Å². The predicted molar refractivity (Wildman–Crippen MR) is 262 cm³/mol. The molecule has 76 heavy (non-hydrogen) atoms. The van der Waals surface area contributed by atoms with E-state index in [-0.39, 0.29) is 6.61 Å². The standard InChI is InChI=1S/C50H100O26/c51-50(52)48-46-44-42-40-38-36-34-32-30-28-26-24-22-20-18-16-14-12-10-8-6-4-2-1-3-5-7-9-11-13-15-17-19-21-23-25-27-29-31-33-35-37-39-41-43-45-47-49-54-56-58-60-62-64-66-68-70-72-74-76-75-73-71-69-67-65-63-61-59-57-55-53/h53H,1-49H2,(H,51,52). The molecule has 0 aromatic carbocycles. The van der Waals surface area contributed by atoms with Gasteiger partial charge in [-0.3, -0.25) is 4.79 Å². The first kappa shape index (κ1) is 74.5. The molecule has 0 unspecified atom stereocenters. The molecule has 0 amide bonds. The minimum absolute atomic E-state index is 0.281. The smallest absolute Gasteiger partial charge is 0.303 e. The van der Waals surface area contributed by atoms with Gasteiger partial charge in [-0.2, -0.15) is 0 Å². The molecule has 0 heterocycles. The van der Waals surface area contributed by atoms with Gasteiger partial charge in [-0.15, -0.1) is 0 Å². The molecule has 0 radical (unpaired) electrons. The average molecular weight is 1120 g/mol. The third-order valence-corrected chi connectivity index (χ3v) is 12.8. The Kier molecular flexibility index (Phi) is 70.1. The normalized spacial score (nSPS) is 11.7. The maximum absolute atomic E-state index is 10.5. The average Bonchev–Trinajstić information content (AvgIpc) is 3.42. The fourth-order valence-electron chi connectivity index (χ4n) is 8.67. The van der Waals surface area contributed by atoms with Gasteiger partial charge in [-0.05, 0) is 93.5 Å². The zero-order valence-corrected chi connectivity index (χ0v) is 45.8. The lowest BCUT2D eigenvalue weighted by atomic mass is 10.0. The van der Waals surface area contributed by atoms with Crippen LogP contribution in [0.1, 0.15) is 308 Å². The molecule has 0 atom stereocenters. The van der Waals surface area contributed by atoms with Crippen molar-refractivity contribution in [3.63, 3.8) is 0 Å². The minimum atomic E-state index is -0.658. The lowest BCUT2D eigenvalue weighted by molar-refractivity contribution is -0.899. The van der Waals surface area contributed by atoms with Crippen LogP contribution in [0.4, 0.5) is 0 Å². The highest BCUT2D eigenvalue weighted by molar-refractivity contribution is 5.66. The highest BCUT2D eigenvalue weighted by Gasteiger charge is 2.04. The van der Waals surface area contributed by atoms with Gasteiger partial charge in [0, 0.05) is 36.7 Å². The Morgan fingerprint density at radius 1 is 0.197 bits per heavy atom. The van der Waals surface area contributed by atoms with Crippen molar-refractivity contribution in [2.24, 2.45) is 0 Å². The molecule has 0 aliphatic rings. The summed E-state index contributed by atoms with van der Waals surface area (Å²) in [6.07, 6.45) is 63.8. The highest BCUT2D eigenvalue weighted by atomic mass is 18.0. The van der Waals surface area contributed by atoms with Crippen molar-refractivity contribution in [3.05, 3.63) is 0 Å². The Labute approximate surface area is 450 Å². The molecule has 0 rings (SSSR count). The van der Waals surface area contributed by atoms with Crippen molar-refractivity contribution >= 4 is 5.97 Å². The topological polar surface area (TPSA) is 270 Å². The maximum atomic E-state index is 10.5. The van der Waals surface area contributed by atoms with Crippen molar-refractivity contribution < 1.29 is 131 Å². The number of hydrogen-bond acceptors (Lipinski definition) is 25. The molecule has 2 N–H and O–H groups in total. The maximum Gasteiger partial charge on any atom is 0.303 e. The Balaban J connectivity index is 3.08. The van der Waals surface area contributed by atoms with Crippen molar-refractivity contribution in [2.75, 3.05) is 6.61 Å². The van der Waals surface area contributed by atoms with Gasteiger partial charge < -0.3 is 5.11 Å². The van der Waals surface area contributed by atoms with Gasteiger partial charge in [0.1, 0.15) is 0 Å². The lowest BCUT2D eigenvalue weighted by Crippen LogP contribution is -2.06. The first-order valence-electron chi connectivity index (χ1n) is 28.9. The molecule has 0 spiro atoms. The first-order chi connectivity index (χ1) is 37.8. The summed E-state index contributed by atoms with van der Waals surface area (Å²) in [7, 11) is 0. The van der Waals surface area contributed by atoms with Crippen LogP contribution < -0.4 is 0 Å². The number of carboxylic acid groups (broad SMARTS) is 1. The number of aliphatic carboxylic acids is 1. The van der Waals surface area contributed by atoms with Crippen LogP contribution in [0.15, 0.2) is 0 Å². The zero-order valence-electron chi connectivity index (χ0n) is 45.8. The van der Waals surface area contributed by atoms with Crippen LogP contribution in [0.2, 0.25) is 0 Å². The van der Waals surface area contributed by atoms with Gasteiger partial charge in [-0.1, -0.05) is 289 Å². The summed E-state index contributed by atoms with van der Waals surface area (Å²) in [4.78, 5) is 15.3. The minimum Gasteiger partial charge on any atom is -0.481 e. The molecule has 0 aliphatic heterocycles. The van der Waals surface area contributed by atoms with E-state index in [9.17, 15) is 4.79 Å². The van der Waals surface area contributed by atoms with Crippen LogP contribution >= 0.6 is 0 Å². The molecule has 0 fully saturated rings. The Bertz CT molecular complexity index is 1050. The summed E-state index contributed by atoms with van der Waals surface area (Å²) in [5, 5.41) is 96.0. The van der Waals surface area contributed by atoms with Crippen LogP contribution in [-0.2, 0) is 121 Å². The molecule has 26 nitrogen and oxygen atoms in total. The summed E-state index contributed by atoms with van der Waals surface area (Å²) >= 11 is 0. The quantitative estimate of drug-likeness (QED) is 0.0325. The summed E-state index contributed by atoms with van der Waals surface area (Å²) in [5.74, 6) is -0.658. The van der Waals surface area contributed by atoms with Crippen molar-refractivity contribution in [2.45, 2.75) is 308 Å². The molecule has 0 saturated carbocycles. The van der Waals surface area contributed by atoms with E-state index in [1.807, 2.05) is 0 Å². The summed E-state index contributed by atoms with van der Waals surface area (Å²) in [6, 6.07) is 0. The molecule has 0 aromatic rings. The fourth-order valence-corrected chi connectivity index (χ4v) is 8.67. The SMILES string of the molecule is O=C(O)CCCCCCCCCCCCCCCCCCCCCCCCCCCCCCCCCCCCCCCCCCCCCCCCCOOOOOOOOOOOOOOOOOOOOOOOO.